The molecule has 1 N–H and O–H groups in total. The van der Waals surface area contributed by atoms with E-state index in [1.807, 2.05) is 36.4 Å². The van der Waals surface area contributed by atoms with Crippen LogP contribution >= 0.6 is 24.0 Å². The molecule has 6 nitrogen and oxygen atoms in total. The van der Waals surface area contributed by atoms with Crippen molar-refractivity contribution in [2.75, 3.05) is 27.2 Å². The van der Waals surface area contributed by atoms with Crippen LogP contribution in [0.1, 0.15) is 24.0 Å². The van der Waals surface area contributed by atoms with Crippen molar-refractivity contribution in [2.24, 2.45) is 10.9 Å². The lowest BCUT2D eigenvalue weighted by atomic mass is 9.97. The number of likely N-dealkylation sites (tertiary alicyclic amines) is 1. The zero-order chi connectivity index (χ0) is 20.5. The number of hydrogen-bond donors (Lipinski definition) is 1. The van der Waals surface area contributed by atoms with E-state index < -0.39 is 0 Å². The summed E-state index contributed by atoms with van der Waals surface area (Å²) >= 11 is 0. The standard InChI is InChI=1S/C23H29N3O3.HI/c1-24-23(26-13-11-20(12-14-26)22(27)28-2)25-16-19-9-6-10-21(15-19)29-17-18-7-4-3-5-8-18;/h3-10,15,20H,11-14,16-17H2,1-2H3,(H,24,25);1H. The number of aliphatic imine (C=N–C) groups is 1. The monoisotopic (exact) mass is 523 g/mol. The van der Waals surface area contributed by atoms with E-state index in [4.69, 9.17) is 9.47 Å². The van der Waals surface area contributed by atoms with E-state index >= 15 is 0 Å². The summed E-state index contributed by atoms with van der Waals surface area (Å²) in [5, 5.41) is 3.42. The predicted molar refractivity (Wildman–Crippen MR) is 129 cm³/mol. The molecule has 0 saturated carbocycles. The van der Waals surface area contributed by atoms with Crippen molar-refractivity contribution in [3.8, 4) is 5.75 Å². The van der Waals surface area contributed by atoms with Crippen molar-refractivity contribution in [3.05, 3.63) is 65.7 Å². The quantitative estimate of drug-likeness (QED) is 0.270. The molecule has 0 aliphatic carbocycles. The van der Waals surface area contributed by atoms with Gasteiger partial charge in [0.2, 0.25) is 0 Å². The Balaban J connectivity index is 0.00000320. The van der Waals surface area contributed by atoms with E-state index in [1.54, 1.807) is 7.05 Å². The zero-order valence-electron chi connectivity index (χ0n) is 17.5. The molecule has 3 rings (SSSR count). The first-order valence-electron chi connectivity index (χ1n) is 9.98. The second-order valence-electron chi connectivity index (χ2n) is 7.11. The average molecular weight is 523 g/mol. The third kappa shape index (κ3) is 6.90. The SMILES string of the molecule is CN=C(NCc1cccc(OCc2ccccc2)c1)N1CCC(C(=O)OC)CC1.I. The normalized spacial score (nSPS) is 14.6. The third-order valence-corrected chi connectivity index (χ3v) is 5.14. The second kappa shape index (κ2) is 12.4. The minimum atomic E-state index is -0.111. The molecule has 0 unspecified atom stereocenters. The number of methoxy groups -OCH3 is 1. The topological polar surface area (TPSA) is 63.2 Å². The van der Waals surface area contributed by atoms with Crippen LogP contribution < -0.4 is 10.1 Å². The first kappa shape index (κ1) is 24.0. The van der Waals surface area contributed by atoms with Gasteiger partial charge in [-0.3, -0.25) is 9.79 Å². The summed E-state index contributed by atoms with van der Waals surface area (Å²) in [5.41, 5.74) is 2.27. The number of nitrogens with zero attached hydrogens (tertiary/aromatic N) is 2. The molecular formula is C23H30IN3O3. The van der Waals surface area contributed by atoms with Crippen LogP contribution in [-0.4, -0.2) is 44.1 Å². The van der Waals surface area contributed by atoms with Crippen LogP contribution in [0.5, 0.6) is 5.75 Å². The Morgan fingerprint density at radius 1 is 1.10 bits per heavy atom. The van der Waals surface area contributed by atoms with E-state index in [0.29, 0.717) is 13.2 Å². The molecule has 0 radical (unpaired) electrons. The molecule has 162 valence electrons. The molecule has 0 bridgehead atoms. The molecule has 0 aromatic heterocycles. The largest absolute Gasteiger partial charge is 0.489 e. The third-order valence-electron chi connectivity index (χ3n) is 5.14. The molecule has 0 spiro atoms. The van der Waals surface area contributed by atoms with Crippen molar-refractivity contribution in [1.29, 1.82) is 0 Å². The summed E-state index contributed by atoms with van der Waals surface area (Å²) in [5.74, 6) is 1.58. The van der Waals surface area contributed by atoms with Gasteiger partial charge in [0.15, 0.2) is 5.96 Å². The molecule has 7 heteroatoms. The smallest absolute Gasteiger partial charge is 0.308 e. The van der Waals surface area contributed by atoms with E-state index in [-0.39, 0.29) is 35.9 Å². The van der Waals surface area contributed by atoms with Crippen LogP contribution in [-0.2, 0) is 22.7 Å². The summed E-state index contributed by atoms with van der Waals surface area (Å²) < 4.78 is 10.8. The Bertz CT molecular complexity index is 821. The fourth-order valence-electron chi connectivity index (χ4n) is 3.49. The highest BCUT2D eigenvalue weighted by Gasteiger charge is 2.26. The number of esters is 1. The Labute approximate surface area is 195 Å². The first-order valence-corrected chi connectivity index (χ1v) is 9.98. The van der Waals surface area contributed by atoms with Gasteiger partial charge in [-0.2, -0.15) is 0 Å². The number of ether oxygens (including phenoxy) is 2. The van der Waals surface area contributed by atoms with E-state index in [9.17, 15) is 4.79 Å². The first-order chi connectivity index (χ1) is 14.2. The fourth-order valence-corrected chi connectivity index (χ4v) is 3.49. The van der Waals surface area contributed by atoms with Crippen LogP contribution in [0.25, 0.3) is 0 Å². The van der Waals surface area contributed by atoms with Gasteiger partial charge in [0, 0.05) is 26.7 Å². The molecule has 1 fully saturated rings. The minimum absolute atomic E-state index is 0. The van der Waals surface area contributed by atoms with Gasteiger partial charge in [0.25, 0.3) is 0 Å². The van der Waals surface area contributed by atoms with Gasteiger partial charge in [0.1, 0.15) is 12.4 Å². The Kier molecular flexibility index (Phi) is 9.93. The number of hydrogen-bond acceptors (Lipinski definition) is 4. The molecule has 2 aromatic carbocycles. The lowest BCUT2D eigenvalue weighted by Gasteiger charge is -2.33. The second-order valence-corrected chi connectivity index (χ2v) is 7.11. The van der Waals surface area contributed by atoms with Crippen LogP contribution in [0.4, 0.5) is 0 Å². The number of piperidine rings is 1. The summed E-state index contributed by atoms with van der Waals surface area (Å²) in [6.45, 7) is 2.79. The lowest BCUT2D eigenvalue weighted by molar-refractivity contribution is -0.146. The van der Waals surface area contributed by atoms with Crippen molar-refractivity contribution < 1.29 is 14.3 Å². The maximum atomic E-state index is 11.7. The van der Waals surface area contributed by atoms with Gasteiger partial charge < -0.3 is 19.7 Å². The molecule has 0 amide bonds. The molecule has 1 heterocycles. The van der Waals surface area contributed by atoms with Crippen molar-refractivity contribution in [1.82, 2.24) is 10.2 Å². The van der Waals surface area contributed by atoms with Crippen molar-refractivity contribution in [3.63, 3.8) is 0 Å². The van der Waals surface area contributed by atoms with Crippen LogP contribution in [0.3, 0.4) is 0 Å². The number of nitrogens with one attached hydrogen (secondary N) is 1. The van der Waals surface area contributed by atoms with Gasteiger partial charge in [-0.25, -0.2) is 0 Å². The molecular weight excluding hydrogens is 493 g/mol. The van der Waals surface area contributed by atoms with Crippen LogP contribution in [0, 0.1) is 5.92 Å². The van der Waals surface area contributed by atoms with Gasteiger partial charge >= 0.3 is 5.97 Å². The number of carbonyl (C=O) groups excluding carboxylic acids is 1. The summed E-state index contributed by atoms with van der Waals surface area (Å²) in [6.07, 6.45) is 1.58. The molecule has 2 aromatic rings. The Morgan fingerprint density at radius 2 is 1.80 bits per heavy atom. The molecule has 1 saturated heterocycles. The number of guanidine groups is 1. The van der Waals surface area contributed by atoms with Crippen molar-refractivity contribution >= 4 is 35.9 Å². The highest BCUT2D eigenvalue weighted by molar-refractivity contribution is 14.0. The maximum absolute atomic E-state index is 11.7. The van der Waals surface area contributed by atoms with Gasteiger partial charge in [-0.15, -0.1) is 24.0 Å². The Morgan fingerprint density at radius 3 is 2.47 bits per heavy atom. The number of rotatable bonds is 6. The number of carbonyl (C=O) groups is 1. The van der Waals surface area contributed by atoms with Gasteiger partial charge in [0.05, 0.1) is 13.0 Å². The fraction of sp³-hybridized carbons (Fsp3) is 0.391. The van der Waals surface area contributed by atoms with E-state index in [2.05, 4.69) is 33.4 Å². The summed E-state index contributed by atoms with van der Waals surface area (Å²) in [7, 11) is 3.24. The van der Waals surface area contributed by atoms with Crippen LogP contribution in [0.2, 0.25) is 0 Å². The Hall–Kier alpha value is -2.29. The lowest BCUT2D eigenvalue weighted by Crippen LogP contribution is -2.46. The predicted octanol–water partition coefficient (Wildman–Crippen LogP) is 3.84. The maximum Gasteiger partial charge on any atom is 0.308 e. The number of halogens is 1. The minimum Gasteiger partial charge on any atom is -0.489 e. The summed E-state index contributed by atoms with van der Waals surface area (Å²) in [4.78, 5) is 18.3. The van der Waals surface area contributed by atoms with E-state index in [0.717, 1.165) is 48.8 Å². The van der Waals surface area contributed by atoms with Crippen LogP contribution in [0.15, 0.2) is 59.6 Å². The van der Waals surface area contributed by atoms with Gasteiger partial charge in [-0.05, 0) is 36.1 Å². The summed E-state index contributed by atoms with van der Waals surface area (Å²) in [6, 6.07) is 18.2. The molecule has 0 atom stereocenters. The molecule has 30 heavy (non-hydrogen) atoms. The molecule has 1 aliphatic heterocycles. The highest BCUT2D eigenvalue weighted by Crippen LogP contribution is 2.19. The van der Waals surface area contributed by atoms with Crippen molar-refractivity contribution in [2.45, 2.75) is 26.0 Å². The molecule has 1 aliphatic rings. The average Bonchev–Trinajstić information content (AvgIpc) is 2.79. The number of benzene rings is 2. The highest BCUT2D eigenvalue weighted by atomic mass is 127. The zero-order valence-corrected chi connectivity index (χ0v) is 19.9. The van der Waals surface area contributed by atoms with E-state index in [1.165, 1.54) is 7.11 Å². The van der Waals surface area contributed by atoms with Gasteiger partial charge in [-0.1, -0.05) is 42.5 Å².